The number of halogens is 1. The molecule has 2 aromatic rings. The fraction of sp³-hybridized carbons (Fsp3) is 0.278. The molecule has 0 atom stereocenters. The topological polar surface area (TPSA) is 29.1 Å². The van der Waals surface area contributed by atoms with Gasteiger partial charge in [-0.15, -0.1) is 23.5 Å². The molecule has 0 heterocycles. The van der Waals surface area contributed by atoms with Gasteiger partial charge < -0.3 is 5.32 Å². The second-order valence-corrected chi connectivity index (χ2v) is 7.66. The van der Waals surface area contributed by atoms with Crippen LogP contribution in [-0.2, 0) is 10.5 Å². The number of aryl methyl sites for hydroxylation is 1. The number of nitrogens with one attached hydrogen (secondary N) is 1. The molecule has 0 aliphatic rings. The zero-order chi connectivity index (χ0) is 16.5. The molecule has 0 saturated heterocycles. The van der Waals surface area contributed by atoms with E-state index >= 15 is 0 Å². The Morgan fingerprint density at radius 3 is 2.61 bits per heavy atom. The molecule has 122 valence electrons. The van der Waals surface area contributed by atoms with Crippen LogP contribution >= 0.6 is 35.1 Å². The van der Waals surface area contributed by atoms with Gasteiger partial charge in [-0.05, 0) is 30.7 Å². The minimum atomic E-state index is 0.0755. The van der Waals surface area contributed by atoms with Crippen molar-refractivity contribution in [3.05, 3.63) is 64.7 Å². The fourth-order valence-electron chi connectivity index (χ4n) is 1.91. The zero-order valence-electron chi connectivity index (χ0n) is 13.0. The predicted octanol–water partition coefficient (Wildman–Crippen LogP) is 4.79. The maximum atomic E-state index is 11.8. The first-order valence-electron chi connectivity index (χ1n) is 7.42. The summed E-state index contributed by atoms with van der Waals surface area (Å²) >= 11 is 9.43. The van der Waals surface area contributed by atoms with Crippen molar-refractivity contribution in [3.8, 4) is 0 Å². The molecule has 1 amide bonds. The molecule has 2 rings (SSSR count). The lowest BCUT2D eigenvalue weighted by atomic mass is 10.2. The number of hydrogen-bond acceptors (Lipinski definition) is 3. The standard InChI is InChI=1S/C18H20ClNOS2/c1-14-6-8-16(9-7-14)23-11-10-20-18(21)13-22-12-15-4-2-3-5-17(15)19/h2-9H,10-13H2,1H3,(H,20,21). The van der Waals surface area contributed by atoms with Crippen LogP contribution in [0.25, 0.3) is 0 Å². The van der Waals surface area contributed by atoms with Crippen molar-refractivity contribution in [2.45, 2.75) is 17.6 Å². The first-order valence-corrected chi connectivity index (χ1v) is 9.94. The van der Waals surface area contributed by atoms with Crippen LogP contribution in [0.1, 0.15) is 11.1 Å². The van der Waals surface area contributed by atoms with Crippen molar-refractivity contribution in [2.24, 2.45) is 0 Å². The lowest BCUT2D eigenvalue weighted by Gasteiger charge is -2.06. The third-order valence-corrected chi connectivity index (χ3v) is 5.53. The van der Waals surface area contributed by atoms with Crippen molar-refractivity contribution in [1.29, 1.82) is 0 Å². The van der Waals surface area contributed by atoms with Gasteiger partial charge in [-0.2, -0.15) is 0 Å². The van der Waals surface area contributed by atoms with E-state index in [1.165, 1.54) is 10.5 Å². The Balaban J connectivity index is 1.58. The largest absolute Gasteiger partial charge is 0.355 e. The number of amides is 1. The molecule has 2 nitrogen and oxygen atoms in total. The van der Waals surface area contributed by atoms with E-state index in [1.807, 2.05) is 24.3 Å². The smallest absolute Gasteiger partial charge is 0.230 e. The van der Waals surface area contributed by atoms with E-state index < -0.39 is 0 Å². The highest BCUT2D eigenvalue weighted by molar-refractivity contribution is 7.99. The summed E-state index contributed by atoms with van der Waals surface area (Å²) in [7, 11) is 0. The van der Waals surface area contributed by atoms with Crippen molar-refractivity contribution in [3.63, 3.8) is 0 Å². The molecule has 0 unspecified atom stereocenters. The van der Waals surface area contributed by atoms with Crippen molar-refractivity contribution in [2.75, 3.05) is 18.1 Å². The van der Waals surface area contributed by atoms with Crippen LogP contribution in [-0.4, -0.2) is 24.0 Å². The van der Waals surface area contributed by atoms with Gasteiger partial charge in [0.15, 0.2) is 0 Å². The van der Waals surface area contributed by atoms with E-state index in [-0.39, 0.29) is 5.91 Å². The van der Waals surface area contributed by atoms with Crippen molar-refractivity contribution >= 4 is 41.0 Å². The van der Waals surface area contributed by atoms with Gasteiger partial charge in [0.25, 0.3) is 0 Å². The van der Waals surface area contributed by atoms with E-state index in [1.54, 1.807) is 23.5 Å². The highest BCUT2D eigenvalue weighted by Gasteiger charge is 2.04. The molecule has 0 radical (unpaired) electrons. The predicted molar refractivity (Wildman–Crippen MR) is 103 cm³/mol. The average molecular weight is 366 g/mol. The third-order valence-electron chi connectivity index (χ3n) is 3.16. The number of carbonyl (C=O) groups excluding carboxylic acids is 1. The van der Waals surface area contributed by atoms with Crippen molar-refractivity contribution < 1.29 is 4.79 Å². The number of rotatable bonds is 8. The van der Waals surface area contributed by atoms with Crippen molar-refractivity contribution in [1.82, 2.24) is 5.32 Å². The van der Waals surface area contributed by atoms with Gasteiger partial charge in [0.2, 0.25) is 5.91 Å². The highest BCUT2D eigenvalue weighted by Crippen LogP contribution is 2.20. The molecule has 5 heteroatoms. The molecule has 23 heavy (non-hydrogen) atoms. The minimum absolute atomic E-state index is 0.0755. The number of hydrogen-bond donors (Lipinski definition) is 1. The lowest BCUT2D eigenvalue weighted by Crippen LogP contribution is -2.27. The van der Waals surface area contributed by atoms with E-state index in [4.69, 9.17) is 11.6 Å². The van der Waals surface area contributed by atoms with Crippen LogP contribution in [0.4, 0.5) is 0 Å². The average Bonchev–Trinajstić information content (AvgIpc) is 2.55. The Morgan fingerprint density at radius 2 is 1.87 bits per heavy atom. The first-order chi connectivity index (χ1) is 11.1. The van der Waals surface area contributed by atoms with Crippen LogP contribution in [0, 0.1) is 6.92 Å². The van der Waals surface area contributed by atoms with Gasteiger partial charge in [-0.1, -0.05) is 47.5 Å². The van der Waals surface area contributed by atoms with E-state index in [9.17, 15) is 4.79 Å². The second kappa shape index (κ2) is 9.91. The Bertz CT molecular complexity index is 631. The minimum Gasteiger partial charge on any atom is -0.355 e. The van der Waals surface area contributed by atoms with Gasteiger partial charge >= 0.3 is 0 Å². The molecule has 0 aromatic heterocycles. The normalized spacial score (nSPS) is 10.5. The molecular formula is C18H20ClNOS2. The molecule has 0 spiro atoms. The van der Waals surface area contributed by atoms with Gasteiger partial charge in [-0.25, -0.2) is 0 Å². The van der Waals surface area contributed by atoms with Crippen LogP contribution in [0.3, 0.4) is 0 Å². The molecule has 0 fully saturated rings. The third kappa shape index (κ3) is 6.90. The number of thioether (sulfide) groups is 2. The Labute approximate surface area is 151 Å². The Hall–Kier alpha value is -1.10. The maximum absolute atomic E-state index is 11.8. The molecule has 0 bridgehead atoms. The first kappa shape index (κ1) is 18.2. The summed E-state index contributed by atoms with van der Waals surface area (Å²) in [5, 5.41) is 3.71. The van der Waals surface area contributed by atoms with E-state index in [0.717, 1.165) is 22.1 Å². The van der Waals surface area contributed by atoms with Gasteiger partial charge in [0, 0.05) is 28.0 Å². The van der Waals surface area contributed by atoms with Crippen LogP contribution in [0.2, 0.25) is 5.02 Å². The quantitative estimate of drug-likeness (QED) is 0.538. The summed E-state index contributed by atoms with van der Waals surface area (Å²) in [6.07, 6.45) is 0. The second-order valence-electron chi connectivity index (χ2n) is 5.10. The summed E-state index contributed by atoms with van der Waals surface area (Å²) in [6, 6.07) is 16.2. The van der Waals surface area contributed by atoms with Crippen LogP contribution in [0.5, 0.6) is 0 Å². The molecular weight excluding hydrogens is 346 g/mol. The molecule has 1 N–H and O–H groups in total. The summed E-state index contributed by atoms with van der Waals surface area (Å²) in [4.78, 5) is 13.0. The lowest BCUT2D eigenvalue weighted by molar-refractivity contribution is -0.118. The molecule has 0 saturated carbocycles. The Morgan fingerprint density at radius 1 is 1.13 bits per heavy atom. The van der Waals surface area contributed by atoms with Gasteiger partial charge in [0.1, 0.15) is 0 Å². The van der Waals surface area contributed by atoms with Gasteiger partial charge in [-0.3, -0.25) is 4.79 Å². The number of carbonyl (C=O) groups is 1. The summed E-state index contributed by atoms with van der Waals surface area (Å²) in [5.41, 5.74) is 2.33. The molecule has 2 aromatic carbocycles. The van der Waals surface area contributed by atoms with E-state index in [0.29, 0.717) is 12.3 Å². The van der Waals surface area contributed by atoms with E-state index in [2.05, 4.69) is 36.5 Å². The number of benzene rings is 2. The molecule has 0 aliphatic heterocycles. The monoisotopic (exact) mass is 365 g/mol. The highest BCUT2D eigenvalue weighted by atomic mass is 35.5. The van der Waals surface area contributed by atoms with Crippen LogP contribution in [0.15, 0.2) is 53.4 Å². The summed E-state index contributed by atoms with van der Waals surface area (Å²) < 4.78 is 0. The Kier molecular flexibility index (Phi) is 7.86. The summed E-state index contributed by atoms with van der Waals surface area (Å²) in [5.74, 6) is 2.17. The summed E-state index contributed by atoms with van der Waals surface area (Å²) in [6.45, 7) is 2.76. The van der Waals surface area contributed by atoms with Gasteiger partial charge in [0.05, 0.1) is 5.75 Å². The molecule has 0 aliphatic carbocycles. The maximum Gasteiger partial charge on any atom is 0.230 e. The SMILES string of the molecule is Cc1ccc(SCCNC(=O)CSCc2ccccc2Cl)cc1. The fourth-order valence-corrected chi connectivity index (χ4v) is 3.83. The zero-order valence-corrected chi connectivity index (χ0v) is 15.4. The van der Waals surface area contributed by atoms with Crippen LogP contribution < -0.4 is 5.32 Å².